The highest BCUT2D eigenvalue weighted by atomic mass is 35.5. The van der Waals surface area contributed by atoms with E-state index in [1.165, 1.54) is 0 Å². The maximum Gasteiger partial charge on any atom is 0.243 e. The Morgan fingerprint density at radius 3 is 2.76 bits per heavy atom. The van der Waals surface area contributed by atoms with E-state index in [1.807, 2.05) is 19.2 Å². The first-order valence-electron chi connectivity index (χ1n) is 6.85. The van der Waals surface area contributed by atoms with Gasteiger partial charge in [0, 0.05) is 24.0 Å². The average Bonchev–Trinajstić information content (AvgIpc) is 2.47. The highest BCUT2D eigenvalue weighted by Crippen LogP contribution is 2.26. The van der Waals surface area contributed by atoms with Gasteiger partial charge >= 0.3 is 0 Å². The molecule has 0 aliphatic carbocycles. The van der Waals surface area contributed by atoms with Crippen LogP contribution >= 0.6 is 24.2 Å². The number of benzene rings is 1. The highest BCUT2D eigenvalue weighted by molar-refractivity contribution is 7.98. The van der Waals surface area contributed by atoms with E-state index in [4.69, 9.17) is 5.73 Å². The van der Waals surface area contributed by atoms with Gasteiger partial charge in [-0.15, -0.1) is 24.2 Å². The predicted molar refractivity (Wildman–Crippen MR) is 90.6 cm³/mol. The standard InChI is InChI=1S/C14H22N2O2S2.ClH/c1-11(15)12-5-4-8-16(10-12)20(17,18)14-7-3-6-13(9-14)19-2;/h3,6-7,9,11-12H,4-5,8,10,15H2,1-2H3;1H. The molecule has 0 amide bonds. The molecule has 7 heteroatoms. The van der Waals surface area contributed by atoms with Gasteiger partial charge in [0.15, 0.2) is 0 Å². The van der Waals surface area contributed by atoms with Crippen LogP contribution in [-0.2, 0) is 10.0 Å². The lowest BCUT2D eigenvalue weighted by molar-refractivity contribution is 0.243. The van der Waals surface area contributed by atoms with Crippen molar-refractivity contribution in [3.05, 3.63) is 24.3 Å². The summed E-state index contributed by atoms with van der Waals surface area (Å²) in [5.74, 6) is 0.252. The van der Waals surface area contributed by atoms with Gasteiger partial charge in [-0.2, -0.15) is 4.31 Å². The van der Waals surface area contributed by atoms with E-state index in [-0.39, 0.29) is 24.4 Å². The van der Waals surface area contributed by atoms with Crippen molar-refractivity contribution in [3.8, 4) is 0 Å². The first kappa shape index (κ1) is 18.8. The van der Waals surface area contributed by atoms with E-state index in [1.54, 1.807) is 34.3 Å². The van der Waals surface area contributed by atoms with Crippen LogP contribution in [-0.4, -0.2) is 38.1 Å². The third kappa shape index (κ3) is 4.36. The van der Waals surface area contributed by atoms with Crippen molar-refractivity contribution in [2.45, 2.75) is 35.6 Å². The molecule has 0 bridgehead atoms. The summed E-state index contributed by atoms with van der Waals surface area (Å²) in [7, 11) is -3.40. The minimum Gasteiger partial charge on any atom is -0.328 e. The number of thioether (sulfide) groups is 1. The van der Waals surface area contributed by atoms with Crippen LogP contribution in [0.4, 0.5) is 0 Å². The zero-order valence-corrected chi connectivity index (χ0v) is 14.8. The summed E-state index contributed by atoms with van der Waals surface area (Å²) in [6.07, 6.45) is 3.83. The summed E-state index contributed by atoms with van der Waals surface area (Å²) in [4.78, 5) is 1.35. The molecule has 0 spiro atoms. The number of piperidine rings is 1. The largest absolute Gasteiger partial charge is 0.328 e. The molecule has 1 aliphatic heterocycles. The molecular weight excluding hydrogens is 328 g/mol. The molecule has 1 heterocycles. The van der Waals surface area contributed by atoms with Crippen LogP contribution in [0.25, 0.3) is 0 Å². The van der Waals surface area contributed by atoms with Crippen molar-refractivity contribution in [2.75, 3.05) is 19.3 Å². The second kappa shape index (κ2) is 7.83. The molecule has 1 aliphatic rings. The van der Waals surface area contributed by atoms with Gasteiger partial charge in [0.25, 0.3) is 0 Å². The lowest BCUT2D eigenvalue weighted by Crippen LogP contribution is -2.44. The van der Waals surface area contributed by atoms with Crippen LogP contribution < -0.4 is 5.73 Å². The molecule has 0 radical (unpaired) electrons. The number of sulfonamides is 1. The fourth-order valence-electron chi connectivity index (χ4n) is 2.53. The predicted octanol–water partition coefficient (Wildman–Crippen LogP) is 2.58. The van der Waals surface area contributed by atoms with Crippen LogP contribution in [0.15, 0.2) is 34.1 Å². The number of rotatable bonds is 4. The molecule has 2 rings (SSSR count). The van der Waals surface area contributed by atoms with E-state index in [9.17, 15) is 8.42 Å². The second-order valence-electron chi connectivity index (χ2n) is 5.30. The molecule has 4 nitrogen and oxygen atoms in total. The topological polar surface area (TPSA) is 63.4 Å². The number of nitrogens with two attached hydrogens (primary N) is 1. The van der Waals surface area contributed by atoms with Crippen LogP contribution in [0.3, 0.4) is 0 Å². The van der Waals surface area contributed by atoms with Gasteiger partial charge in [0.05, 0.1) is 4.90 Å². The maximum atomic E-state index is 12.7. The van der Waals surface area contributed by atoms with Crippen molar-refractivity contribution >= 4 is 34.2 Å². The van der Waals surface area contributed by atoms with Crippen molar-refractivity contribution in [1.29, 1.82) is 0 Å². The zero-order chi connectivity index (χ0) is 14.8. The lowest BCUT2D eigenvalue weighted by Gasteiger charge is -2.33. The fourth-order valence-corrected chi connectivity index (χ4v) is 4.65. The molecule has 2 unspecified atom stereocenters. The molecule has 2 atom stereocenters. The van der Waals surface area contributed by atoms with Crippen LogP contribution in [0.1, 0.15) is 19.8 Å². The Hall–Kier alpha value is -0.270. The van der Waals surface area contributed by atoms with E-state index in [2.05, 4.69) is 0 Å². The van der Waals surface area contributed by atoms with Gasteiger partial charge in [-0.05, 0) is 50.1 Å². The lowest BCUT2D eigenvalue weighted by atomic mass is 9.93. The molecule has 1 saturated heterocycles. The van der Waals surface area contributed by atoms with E-state index < -0.39 is 10.0 Å². The molecule has 1 aromatic carbocycles. The second-order valence-corrected chi connectivity index (χ2v) is 8.12. The quantitative estimate of drug-likeness (QED) is 0.848. The smallest absolute Gasteiger partial charge is 0.243 e. The SMILES string of the molecule is CSc1cccc(S(=O)(=O)N2CCCC(C(C)N)C2)c1.Cl. The van der Waals surface area contributed by atoms with Crippen molar-refractivity contribution in [3.63, 3.8) is 0 Å². The summed E-state index contributed by atoms with van der Waals surface area (Å²) < 4.78 is 27.0. The molecule has 2 N–H and O–H groups in total. The normalized spacial score (nSPS) is 21.6. The first-order chi connectivity index (χ1) is 9.45. The van der Waals surface area contributed by atoms with E-state index in [0.29, 0.717) is 18.0 Å². The third-order valence-electron chi connectivity index (χ3n) is 3.84. The maximum absolute atomic E-state index is 12.7. The minimum absolute atomic E-state index is 0. The van der Waals surface area contributed by atoms with Gasteiger partial charge in [0.2, 0.25) is 10.0 Å². The number of hydrogen-bond acceptors (Lipinski definition) is 4. The molecule has 0 aromatic heterocycles. The summed E-state index contributed by atoms with van der Waals surface area (Å²) >= 11 is 1.55. The Labute approximate surface area is 137 Å². The number of halogens is 1. The Morgan fingerprint density at radius 2 is 2.14 bits per heavy atom. The zero-order valence-electron chi connectivity index (χ0n) is 12.4. The molecule has 21 heavy (non-hydrogen) atoms. The molecule has 1 fully saturated rings. The highest BCUT2D eigenvalue weighted by Gasteiger charge is 2.31. The number of hydrogen-bond donors (Lipinski definition) is 1. The van der Waals surface area contributed by atoms with Gasteiger partial charge < -0.3 is 5.73 Å². The van der Waals surface area contributed by atoms with Gasteiger partial charge in [-0.1, -0.05) is 6.07 Å². The Balaban J connectivity index is 0.00000220. The monoisotopic (exact) mass is 350 g/mol. The summed E-state index contributed by atoms with van der Waals surface area (Å²) in [5.41, 5.74) is 5.93. The van der Waals surface area contributed by atoms with Crippen LogP contribution in [0.5, 0.6) is 0 Å². The average molecular weight is 351 g/mol. The van der Waals surface area contributed by atoms with Crippen molar-refractivity contribution in [2.24, 2.45) is 11.7 Å². The Bertz CT molecular complexity index is 564. The van der Waals surface area contributed by atoms with Crippen LogP contribution in [0.2, 0.25) is 0 Å². The summed E-state index contributed by atoms with van der Waals surface area (Å²) in [6, 6.07) is 7.17. The summed E-state index contributed by atoms with van der Waals surface area (Å²) in [5, 5.41) is 0. The van der Waals surface area contributed by atoms with Gasteiger partial charge in [-0.3, -0.25) is 0 Å². The molecule has 120 valence electrons. The molecule has 1 aromatic rings. The van der Waals surface area contributed by atoms with E-state index in [0.717, 1.165) is 17.7 Å². The minimum atomic E-state index is -3.40. The van der Waals surface area contributed by atoms with Gasteiger partial charge in [0.1, 0.15) is 0 Å². The van der Waals surface area contributed by atoms with E-state index >= 15 is 0 Å². The Kier molecular flexibility index (Phi) is 7.00. The third-order valence-corrected chi connectivity index (χ3v) is 6.43. The van der Waals surface area contributed by atoms with Crippen LogP contribution in [0, 0.1) is 5.92 Å². The number of nitrogens with zero attached hydrogens (tertiary/aromatic N) is 1. The molecular formula is C14H23ClN2O2S2. The summed E-state index contributed by atoms with van der Waals surface area (Å²) in [6.45, 7) is 3.08. The van der Waals surface area contributed by atoms with Crippen molar-refractivity contribution < 1.29 is 8.42 Å². The Morgan fingerprint density at radius 1 is 1.43 bits per heavy atom. The fraction of sp³-hybridized carbons (Fsp3) is 0.571. The van der Waals surface area contributed by atoms with Gasteiger partial charge in [-0.25, -0.2) is 8.42 Å². The molecule has 0 saturated carbocycles. The first-order valence-corrected chi connectivity index (χ1v) is 9.51. The van der Waals surface area contributed by atoms with Crippen molar-refractivity contribution in [1.82, 2.24) is 4.31 Å².